The lowest BCUT2D eigenvalue weighted by molar-refractivity contribution is -0.136. The molecule has 0 bridgehead atoms. The second-order valence-electron chi connectivity index (χ2n) is 8.24. The van der Waals surface area contributed by atoms with Crippen LogP contribution in [0.15, 0.2) is 48.5 Å². The number of hydrogen-bond donors (Lipinski definition) is 2. The van der Waals surface area contributed by atoms with Crippen molar-refractivity contribution in [2.45, 2.75) is 32.7 Å². The Hall–Kier alpha value is -2.90. The number of halogens is 1. The van der Waals surface area contributed by atoms with Gasteiger partial charge < -0.3 is 15.3 Å². The summed E-state index contributed by atoms with van der Waals surface area (Å²) in [6.45, 7) is 3.81. The topological polar surface area (TPSA) is 82.5 Å². The Morgan fingerprint density at radius 3 is 2.73 bits per heavy atom. The third kappa shape index (κ3) is 5.72. The molecule has 1 fully saturated rings. The van der Waals surface area contributed by atoms with Gasteiger partial charge in [0.2, 0.25) is 5.91 Å². The van der Waals surface area contributed by atoms with Crippen LogP contribution < -0.4 is 10.2 Å². The van der Waals surface area contributed by atoms with Crippen molar-refractivity contribution in [1.82, 2.24) is 10.3 Å². The largest absolute Gasteiger partial charge is 0.481 e. The van der Waals surface area contributed by atoms with E-state index in [2.05, 4.69) is 15.2 Å². The third-order valence-electron chi connectivity index (χ3n) is 5.87. The first-order valence-electron chi connectivity index (χ1n) is 11.0. The van der Waals surface area contributed by atoms with Gasteiger partial charge >= 0.3 is 5.97 Å². The molecule has 0 spiro atoms. The van der Waals surface area contributed by atoms with Gasteiger partial charge in [-0.05, 0) is 43.5 Å². The number of carboxylic acids is 1. The number of piperidine rings is 1. The molecule has 0 aliphatic carbocycles. The quantitative estimate of drug-likeness (QED) is 0.497. The zero-order chi connectivity index (χ0) is 23.4. The third-order valence-corrected chi connectivity index (χ3v) is 7.33. The summed E-state index contributed by atoms with van der Waals surface area (Å²) in [5, 5.41) is 13.9. The van der Waals surface area contributed by atoms with E-state index < -0.39 is 5.97 Å². The molecule has 2 heterocycles. The van der Waals surface area contributed by atoms with Crippen LogP contribution in [0.1, 0.15) is 29.0 Å². The minimum Gasteiger partial charge on any atom is -0.481 e. The van der Waals surface area contributed by atoms with Crippen molar-refractivity contribution < 1.29 is 14.7 Å². The number of carboxylic acid groups (broad SMARTS) is 1. The van der Waals surface area contributed by atoms with Crippen molar-refractivity contribution >= 4 is 40.5 Å². The van der Waals surface area contributed by atoms with Crippen molar-refractivity contribution in [2.75, 3.05) is 18.0 Å². The molecule has 1 atom stereocenters. The molecule has 2 aromatic carbocycles. The van der Waals surface area contributed by atoms with E-state index in [0.29, 0.717) is 18.1 Å². The number of carbonyl (C=O) groups is 2. The first-order chi connectivity index (χ1) is 15.9. The highest BCUT2D eigenvalue weighted by molar-refractivity contribution is 7.15. The Balaban J connectivity index is 1.39. The van der Waals surface area contributed by atoms with Gasteiger partial charge in [-0.3, -0.25) is 9.59 Å². The van der Waals surface area contributed by atoms with Gasteiger partial charge in [-0.2, -0.15) is 0 Å². The maximum atomic E-state index is 13.0. The van der Waals surface area contributed by atoms with Crippen LogP contribution in [-0.4, -0.2) is 35.1 Å². The molecule has 0 radical (unpaired) electrons. The van der Waals surface area contributed by atoms with Crippen molar-refractivity contribution in [3.8, 4) is 10.6 Å². The molecule has 6 nitrogen and oxygen atoms in total. The van der Waals surface area contributed by atoms with Crippen LogP contribution in [0.2, 0.25) is 5.02 Å². The van der Waals surface area contributed by atoms with E-state index in [1.165, 1.54) is 0 Å². The molecule has 1 amide bonds. The summed E-state index contributed by atoms with van der Waals surface area (Å²) < 4.78 is 0. The van der Waals surface area contributed by atoms with E-state index in [4.69, 9.17) is 11.6 Å². The lowest BCUT2D eigenvalue weighted by Gasteiger charge is -2.34. The smallest absolute Gasteiger partial charge is 0.307 e. The van der Waals surface area contributed by atoms with E-state index in [1.54, 1.807) is 11.3 Å². The van der Waals surface area contributed by atoms with Crippen molar-refractivity contribution in [2.24, 2.45) is 5.92 Å². The van der Waals surface area contributed by atoms with E-state index in [0.717, 1.165) is 51.8 Å². The van der Waals surface area contributed by atoms with Crippen LogP contribution in [-0.2, 0) is 22.6 Å². The average Bonchev–Trinajstić information content (AvgIpc) is 3.18. The molecule has 33 heavy (non-hydrogen) atoms. The Bertz CT molecular complexity index is 1150. The number of rotatable bonds is 7. The number of aromatic nitrogens is 1. The van der Waals surface area contributed by atoms with Crippen molar-refractivity contribution in [3.05, 3.63) is 69.7 Å². The van der Waals surface area contributed by atoms with Gasteiger partial charge in [0.1, 0.15) is 5.01 Å². The Morgan fingerprint density at radius 1 is 1.21 bits per heavy atom. The molecule has 1 saturated heterocycles. The number of para-hydroxylation sites is 1. The molecule has 172 valence electrons. The summed E-state index contributed by atoms with van der Waals surface area (Å²) in [6.07, 6.45) is 1.69. The number of nitrogens with one attached hydrogen (secondary N) is 1. The fourth-order valence-electron chi connectivity index (χ4n) is 4.16. The molecular formula is C25H26ClN3O3S. The fourth-order valence-corrected chi connectivity index (χ4v) is 5.29. The molecule has 8 heteroatoms. The molecule has 1 unspecified atom stereocenters. The number of anilines is 1. The van der Waals surface area contributed by atoms with Crippen LogP contribution in [0.3, 0.4) is 0 Å². The average molecular weight is 484 g/mol. The number of thiazole rings is 1. The SMILES string of the molecule is Cc1nc(-c2ccc(Cl)cc2)sc1CNC(=O)C1CCCN(c2ccccc2CC(=O)O)C1. The highest BCUT2D eigenvalue weighted by atomic mass is 35.5. The van der Waals surface area contributed by atoms with Crippen LogP contribution in [0, 0.1) is 12.8 Å². The number of amides is 1. The zero-order valence-corrected chi connectivity index (χ0v) is 20.0. The van der Waals surface area contributed by atoms with Crippen LogP contribution in [0.25, 0.3) is 10.6 Å². The van der Waals surface area contributed by atoms with Gasteiger partial charge in [0.25, 0.3) is 0 Å². The van der Waals surface area contributed by atoms with E-state index in [9.17, 15) is 14.7 Å². The summed E-state index contributed by atoms with van der Waals surface area (Å²) in [6, 6.07) is 15.1. The van der Waals surface area contributed by atoms with Gasteiger partial charge in [-0.15, -0.1) is 11.3 Å². The predicted octanol–water partition coefficient (Wildman–Crippen LogP) is 4.93. The summed E-state index contributed by atoms with van der Waals surface area (Å²) in [4.78, 5) is 32.0. The van der Waals surface area contributed by atoms with Gasteiger partial charge in [0.05, 0.1) is 24.6 Å². The standard InChI is InChI=1S/C25H26ClN3O3S/c1-16-22(33-25(28-16)17-8-10-20(26)11-9-17)14-27-24(32)19-6-4-12-29(15-19)21-7-3-2-5-18(21)13-23(30)31/h2-3,5,7-11,19H,4,6,12-15H2,1H3,(H,27,32)(H,30,31). The highest BCUT2D eigenvalue weighted by Gasteiger charge is 2.27. The number of nitrogens with zero attached hydrogens (tertiary/aromatic N) is 2. The van der Waals surface area contributed by atoms with Crippen LogP contribution >= 0.6 is 22.9 Å². The van der Waals surface area contributed by atoms with Gasteiger partial charge in [0.15, 0.2) is 0 Å². The van der Waals surface area contributed by atoms with Gasteiger partial charge in [-0.25, -0.2) is 4.98 Å². The molecule has 1 aliphatic rings. The molecule has 1 aliphatic heterocycles. The van der Waals surface area contributed by atoms with Gasteiger partial charge in [0, 0.05) is 34.2 Å². The van der Waals surface area contributed by atoms with E-state index in [-0.39, 0.29) is 18.2 Å². The first-order valence-corrected chi connectivity index (χ1v) is 12.1. The Kier molecular flexibility index (Phi) is 7.30. The number of aryl methyl sites for hydroxylation is 1. The Labute approximate surface area is 202 Å². The van der Waals surface area contributed by atoms with Gasteiger partial charge in [-0.1, -0.05) is 41.9 Å². The summed E-state index contributed by atoms with van der Waals surface area (Å²) in [5.74, 6) is -0.969. The number of benzene rings is 2. The number of carbonyl (C=O) groups excluding carboxylic acids is 1. The summed E-state index contributed by atoms with van der Waals surface area (Å²) >= 11 is 7.56. The maximum Gasteiger partial charge on any atom is 0.307 e. The monoisotopic (exact) mass is 483 g/mol. The Morgan fingerprint density at radius 2 is 1.97 bits per heavy atom. The van der Waals surface area contributed by atoms with E-state index in [1.807, 2.05) is 55.5 Å². The minimum absolute atomic E-state index is 0.0237. The summed E-state index contributed by atoms with van der Waals surface area (Å²) in [7, 11) is 0. The number of aliphatic carboxylic acids is 1. The molecule has 0 saturated carbocycles. The lowest BCUT2D eigenvalue weighted by atomic mass is 9.95. The molecule has 2 N–H and O–H groups in total. The maximum absolute atomic E-state index is 13.0. The number of hydrogen-bond acceptors (Lipinski definition) is 5. The molecule has 4 rings (SSSR count). The predicted molar refractivity (Wildman–Crippen MR) is 132 cm³/mol. The molecule has 3 aromatic rings. The van der Waals surface area contributed by atoms with Crippen molar-refractivity contribution in [1.29, 1.82) is 0 Å². The van der Waals surface area contributed by atoms with Crippen LogP contribution in [0.5, 0.6) is 0 Å². The van der Waals surface area contributed by atoms with Crippen molar-refractivity contribution in [3.63, 3.8) is 0 Å². The summed E-state index contributed by atoms with van der Waals surface area (Å²) in [5.41, 5.74) is 3.61. The minimum atomic E-state index is -0.855. The molecular weight excluding hydrogens is 458 g/mol. The second-order valence-corrected chi connectivity index (χ2v) is 9.76. The zero-order valence-electron chi connectivity index (χ0n) is 18.4. The normalized spacial score (nSPS) is 15.9. The molecule has 1 aromatic heterocycles. The highest BCUT2D eigenvalue weighted by Crippen LogP contribution is 2.30. The lowest BCUT2D eigenvalue weighted by Crippen LogP contribution is -2.43. The van der Waals surface area contributed by atoms with Crippen LogP contribution in [0.4, 0.5) is 5.69 Å². The van der Waals surface area contributed by atoms with E-state index >= 15 is 0 Å². The first kappa shape index (κ1) is 23.3. The second kappa shape index (κ2) is 10.4. The fraction of sp³-hybridized carbons (Fsp3) is 0.320.